The number of para-hydroxylation sites is 1. The number of aromatic amines is 1. The molecule has 0 unspecified atom stereocenters. The van der Waals surface area contributed by atoms with Gasteiger partial charge in [0.1, 0.15) is 0 Å². The summed E-state index contributed by atoms with van der Waals surface area (Å²) in [7, 11) is 0. The topological polar surface area (TPSA) is 95.6 Å². The van der Waals surface area contributed by atoms with Gasteiger partial charge in [-0.05, 0) is 41.5 Å². The zero-order valence-corrected chi connectivity index (χ0v) is 17.6. The van der Waals surface area contributed by atoms with Gasteiger partial charge in [-0.25, -0.2) is 9.97 Å². The number of amides is 1. The van der Waals surface area contributed by atoms with Gasteiger partial charge < -0.3 is 10.6 Å². The van der Waals surface area contributed by atoms with Crippen LogP contribution >= 0.6 is 0 Å². The number of carbonyl (C=O) groups is 1. The number of nitrogens with zero attached hydrogens (tertiary/aromatic N) is 3. The number of aromatic nitrogens is 4. The maximum atomic E-state index is 11.7. The summed E-state index contributed by atoms with van der Waals surface area (Å²) in [6.07, 6.45) is 6.69. The van der Waals surface area contributed by atoms with E-state index >= 15 is 0 Å². The molecule has 1 amide bonds. The van der Waals surface area contributed by atoms with Gasteiger partial charge in [-0.3, -0.25) is 9.89 Å². The van der Waals surface area contributed by atoms with Gasteiger partial charge in [0, 0.05) is 40.3 Å². The summed E-state index contributed by atoms with van der Waals surface area (Å²) in [6, 6.07) is 21.6. The molecule has 0 fully saturated rings. The summed E-state index contributed by atoms with van der Waals surface area (Å²) in [6.45, 7) is 3.50. The summed E-state index contributed by atoms with van der Waals surface area (Å²) in [4.78, 5) is 20.9. The van der Waals surface area contributed by atoms with E-state index in [1.807, 2.05) is 72.9 Å². The molecule has 0 saturated heterocycles. The third kappa shape index (κ3) is 4.33. The second-order valence-corrected chi connectivity index (χ2v) is 7.40. The number of carbonyl (C=O) groups excluding carboxylic acids is 1. The van der Waals surface area contributed by atoms with Crippen molar-refractivity contribution in [2.24, 2.45) is 0 Å². The Bertz CT molecular complexity index is 1440. The minimum atomic E-state index is -0.252. The fourth-order valence-corrected chi connectivity index (χ4v) is 3.59. The van der Waals surface area contributed by atoms with Crippen LogP contribution in [0.25, 0.3) is 33.2 Å². The molecule has 0 saturated carbocycles. The molecule has 7 nitrogen and oxygen atoms in total. The van der Waals surface area contributed by atoms with Crippen molar-refractivity contribution in [1.29, 1.82) is 0 Å². The Morgan fingerprint density at radius 1 is 0.909 bits per heavy atom. The Morgan fingerprint density at radius 2 is 1.76 bits per heavy atom. The minimum Gasteiger partial charge on any atom is -0.324 e. The molecule has 0 aliphatic heterocycles. The molecule has 7 heteroatoms. The first-order valence-corrected chi connectivity index (χ1v) is 10.4. The van der Waals surface area contributed by atoms with Crippen LogP contribution in [0.1, 0.15) is 0 Å². The molecule has 0 atom stereocenters. The lowest BCUT2D eigenvalue weighted by atomic mass is 10.0. The second kappa shape index (κ2) is 8.76. The molecule has 5 aromatic rings. The molecule has 0 aliphatic rings. The molecule has 5 rings (SSSR count). The van der Waals surface area contributed by atoms with Crippen LogP contribution in [-0.4, -0.2) is 26.1 Å². The monoisotopic (exact) mass is 432 g/mol. The lowest BCUT2D eigenvalue weighted by Gasteiger charge is -2.11. The smallest absolute Gasteiger partial charge is 0.247 e. The van der Waals surface area contributed by atoms with Crippen molar-refractivity contribution in [1.82, 2.24) is 20.2 Å². The molecular formula is C26H20N6O. The number of H-pyrrole nitrogens is 1. The van der Waals surface area contributed by atoms with E-state index in [4.69, 9.17) is 4.98 Å². The van der Waals surface area contributed by atoms with E-state index in [1.54, 1.807) is 12.4 Å². The highest BCUT2D eigenvalue weighted by Crippen LogP contribution is 2.30. The first-order valence-electron chi connectivity index (χ1n) is 10.4. The molecule has 33 heavy (non-hydrogen) atoms. The van der Waals surface area contributed by atoms with Crippen molar-refractivity contribution in [3.8, 4) is 22.3 Å². The third-order valence-electron chi connectivity index (χ3n) is 5.21. The molecule has 0 radical (unpaired) electrons. The van der Waals surface area contributed by atoms with Crippen molar-refractivity contribution in [2.75, 3.05) is 10.6 Å². The van der Waals surface area contributed by atoms with Crippen molar-refractivity contribution in [3.63, 3.8) is 0 Å². The van der Waals surface area contributed by atoms with Crippen molar-refractivity contribution in [3.05, 3.63) is 98.0 Å². The Balaban J connectivity index is 1.46. The average Bonchev–Trinajstić information content (AvgIpc) is 3.39. The summed E-state index contributed by atoms with van der Waals surface area (Å²) in [5, 5.41) is 13.8. The second-order valence-electron chi connectivity index (χ2n) is 7.40. The van der Waals surface area contributed by atoms with Crippen LogP contribution in [-0.2, 0) is 4.79 Å². The van der Waals surface area contributed by atoms with Crippen LogP contribution in [0.4, 0.5) is 17.3 Å². The summed E-state index contributed by atoms with van der Waals surface area (Å²) in [5.74, 6) is 0.250. The molecule has 2 heterocycles. The number of hydrogen-bond acceptors (Lipinski definition) is 5. The van der Waals surface area contributed by atoms with Gasteiger partial charge in [0.25, 0.3) is 0 Å². The zero-order valence-electron chi connectivity index (χ0n) is 17.6. The number of rotatable bonds is 6. The number of benzene rings is 3. The Labute approximate surface area is 190 Å². The zero-order chi connectivity index (χ0) is 22.6. The Hall–Kier alpha value is -4.78. The molecule has 160 valence electrons. The van der Waals surface area contributed by atoms with Crippen LogP contribution in [0.15, 0.2) is 98.0 Å². The molecule has 3 N–H and O–H groups in total. The molecular weight excluding hydrogens is 412 g/mol. The number of nitrogens with one attached hydrogen (secondary N) is 3. The maximum absolute atomic E-state index is 11.7. The number of hydrogen-bond donors (Lipinski definition) is 3. The summed E-state index contributed by atoms with van der Waals surface area (Å²) in [5.41, 5.74) is 6.38. The van der Waals surface area contributed by atoms with E-state index in [9.17, 15) is 4.79 Å². The predicted octanol–water partition coefficient (Wildman–Crippen LogP) is 5.56. The van der Waals surface area contributed by atoms with E-state index in [0.29, 0.717) is 11.6 Å². The molecule has 0 spiro atoms. The fraction of sp³-hybridized carbons (Fsp3) is 0. The van der Waals surface area contributed by atoms with E-state index in [0.717, 1.165) is 38.8 Å². The first-order chi connectivity index (χ1) is 16.2. The molecule has 0 aliphatic carbocycles. The van der Waals surface area contributed by atoms with Crippen molar-refractivity contribution in [2.45, 2.75) is 0 Å². The Morgan fingerprint density at radius 3 is 2.55 bits per heavy atom. The van der Waals surface area contributed by atoms with E-state index < -0.39 is 0 Å². The van der Waals surface area contributed by atoms with Gasteiger partial charge in [0.05, 0.1) is 11.7 Å². The Kier molecular flexibility index (Phi) is 5.35. The third-order valence-corrected chi connectivity index (χ3v) is 5.21. The van der Waals surface area contributed by atoms with Crippen LogP contribution in [0.5, 0.6) is 0 Å². The van der Waals surface area contributed by atoms with Gasteiger partial charge in [0.2, 0.25) is 11.9 Å². The molecule has 0 bridgehead atoms. The maximum Gasteiger partial charge on any atom is 0.247 e. The quantitative estimate of drug-likeness (QED) is 0.306. The lowest BCUT2D eigenvalue weighted by Crippen LogP contribution is -2.07. The van der Waals surface area contributed by atoms with Gasteiger partial charge >= 0.3 is 0 Å². The molecule has 3 aromatic carbocycles. The highest BCUT2D eigenvalue weighted by atomic mass is 16.1. The van der Waals surface area contributed by atoms with Crippen LogP contribution < -0.4 is 10.6 Å². The highest BCUT2D eigenvalue weighted by molar-refractivity contribution is 6.00. The van der Waals surface area contributed by atoms with Gasteiger partial charge in [0.15, 0.2) is 0 Å². The van der Waals surface area contributed by atoms with Gasteiger partial charge in [-0.2, -0.15) is 5.10 Å². The fourth-order valence-electron chi connectivity index (χ4n) is 3.59. The summed E-state index contributed by atoms with van der Waals surface area (Å²) < 4.78 is 0. The first kappa shape index (κ1) is 20.1. The SMILES string of the molecule is C=CC(=O)Nc1cccc(-c2cccc3cnc(Nc4ccc(-c5cn[nH]c5)cc4)nc23)c1. The van der Waals surface area contributed by atoms with Crippen molar-refractivity contribution < 1.29 is 4.79 Å². The largest absolute Gasteiger partial charge is 0.324 e. The van der Waals surface area contributed by atoms with E-state index in [-0.39, 0.29) is 5.91 Å². The van der Waals surface area contributed by atoms with Crippen LogP contribution in [0.3, 0.4) is 0 Å². The standard InChI is InChI=1S/C26H20N6O/c1-2-24(33)30-22-7-3-5-18(13-22)23-8-4-6-19-14-27-26(32-25(19)23)31-21-11-9-17(10-12-21)20-15-28-29-16-20/h2-16H,1H2,(H,28,29)(H,30,33)(H,27,31,32). The predicted molar refractivity (Wildman–Crippen MR) is 131 cm³/mol. The van der Waals surface area contributed by atoms with Crippen molar-refractivity contribution >= 4 is 34.1 Å². The van der Waals surface area contributed by atoms with Crippen LogP contribution in [0, 0.1) is 0 Å². The minimum absolute atomic E-state index is 0.252. The normalized spacial score (nSPS) is 10.7. The average molecular weight is 432 g/mol. The highest BCUT2D eigenvalue weighted by Gasteiger charge is 2.09. The lowest BCUT2D eigenvalue weighted by molar-refractivity contribution is -0.111. The van der Waals surface area contributed by atoms with E-state index in [1.165, 1.54) is 6.08 Å². The van der Waals surface area contributed by atoms with Crippen LogP contribution in [0.2, 0.25) is 0 Å². The van der Waals surface area contributed by atoms with E-state index in [2.05, 4.69) is 32.4 Å². The van der Waals surface area contributed by atoms with Gasteiger partial charge in [-0.1, -0.05) is 49.0 Å². The summed E-state index contributed by atoms with van der Waals surface area (Å²) >= 11 is 0. The number of anilines is 3. The molecule has 2 aromatic heterocycles. The number of fused-ring (bicyclic) bond motifs is 1. The van der Waals surface area contributed by atoms with Gasteiger partial charge in [-0.15, -0.1) is 0 Å².